The van der Waals surface area contributed by atoms with Crippen LogP contribution < -0.4 is 16.0 Å². The smallest absolute Gasteiger partial charge is 0.320 e. The summed E-state index contributed by atoms with van der Waals surface area (Å²) in [6.07, 6.45) is 3.81. The van der Waals surface area contributed by atoms with Crippen molar-refractivity contribution in [3.8, 4) is 0 Å². The summed E-state index contributed by atoms with van der Waals surface area (Å²) in [6, 6.07) is 11.4. The molecule has 8 heteroatoms. The second-order valence-corrected chi connectivity index (χ2v) is 6.98. The van der Waals surface area contributed by atoms with Crippen molar-refractivity contribution in [2.75, 3.05) is 23.8 Å². The molecule has 146 valence electrons. The molecule has 3 aromatic rings. The summed E-state index contributed by atoms with van der Waals surface area (Å²) in [5.74, 6) is 1.22. The quantitative estimate of drug-likeness (QED) is 0.543. The standard InChI is InChI=1S/C20H24N6O2/c1-13(14-6-3-2-4-7-14)22-20(27)24-18-10-17-16(11-21-18)19(26-25-17)23-15-8-5-9-28-12-15/h2-4,6-7,10-11,13,15H,5,8-9,12H2,1H3,(H2,23,25,26)(H2,21,22,24,27)/t13-,15?/m1/s1. The van der Waals surface area contributed by atoms with E-state index in [0.717, 1.165) is 41.7 Å². The molecule has 1 fully saturated rings. The number of carbonyl (C=O) groups excluding carboxylic acids is 1. The van der Waals surface area contributed by atoms with Crippen molar-refractivity contribution >= 4 is 28.6 Å². The Balaban J connectivity index is 1.40. The lowest BCUT2D eigenvalue weighted by Crippen LogP contribution is -2.31. The zero-order chi connectivity index (χ0) is 19.3. The number of anilines is 2. The van der Waals surface area contributed by atoms with Crippen LogP contribution in [0.15, 0.2) is 42.6 Å². The highest BCUT2D eigenvalue weighted by Crippen LogP contribution is 2.23. The monoisotopic (exact) mass is 380 g/mol. The van der Waals surface area contributed by atoms with Crippen molar-refractivity contribution in [2.24, 2.45) is 0 Å². The summed E-state index contributed by atoms with van der Waals surface area (Å²) in [5.41, 5.74) is 1.85. The second-order valence-electron chi connectivity index (χ2n) is 6.98. The number of aromatic nitrogens is 3. The minimum Gasteiger partial charge on any atom is -0.379 e. The number of benzene rings is 1. The molecule has 0 saturated carbocycles. The van der Waals surface area contributed by atoms with Crippen LogP contribution in [0.3, 0.4) is 0 Å². The molecule has 3 heterocycles. The number of urea groups is 1. The van der Waals surface area contributed by atoms with Crippen LogP contribution in [0.5, 0.6) is 0 Å². The lowest BCUT2D eigenvalue weighted by Gasteiger charge is -2.23. The maximum Gasteiger partial charge on any atom is 0.320 e. The first-order chi connectivity index (χ1) is 13.7. The Kier molecular flexibility index (Phi) is 5.38. The van der Waals surface area contributed by atoms with Crippen molar-refractivity contribution < 1.29 is 9.53 Å². The van der Waals surface area contributed by atoms with Crippen molar-refractivity contribution in [3.05, 3.63) is 48.2 Å². The third-order valence-corrected chi connectivity index (χ3v) is 4.84. The molecule has 1 aliphatic heterocycles. The number of hydrogen-bond donors (Lipinski definition) is 4. The molecular weight excluding hydrogens is 356 g/mol. The SMILES string of the molecule is C[C@@H](NC(=O)Nc1cc2[nH]nc(NC3CCCOC3)c2cn1)c1ccccc1. The van der Waals surface area contributed by atoms with Gasteiger partial charge in [0.2, 0.25) is 0 Å². The summed E-state index contributed by atoms with van der Waals surface area (Å²) in [4.78, 5) is 16.6. The fraction of sp³-hybridized carbons (Fsp3) is 0.350. The Hall–Kier alpha value is -3.13. The number of nitrogens with one attached hydrogen (secondary N) is 4. The molecular formula is C20H24N6O2. The number of ether oxygens (including phenoxy) is 1. The molecule has 2 aromatic heterocycles. The van der Waals surface area contributed by atoms with Gasteiger partial charge in [-0.25, -0.2) is 9.78 Å². The molecule has 0 radical (unpaired) electrons. The molecule has 4 rings (SSSR count). The van der Waals surface area contributed by atoms with Gasteiger partial charge in [-0.1, -0.05) is 30.3 Å². The molecule has 2 amide bonds. The third kappa shape index (κ3) is 4.23. The number of rotatable bonds is 5. The van der Waals surface area contributed by atoms with Gasteiger partial charge in [0.05, 0.1) is 29.6 Å². The average molecular weight is 380 g/mol. The molecule has 1 aromatic carbocycles. The summed E-state index contributed by atoms with van der Waals surface area (Å²) < 4.78 is 5.50. The maximum absolute atomic E-state index is 12.3. The Bertz CT molecular complexity index is 936. The fourth-order valence-electron chi connectivity index (χ4n) is 3.31. The van der Waals surface area contributed by atoms with Gasteiger partial charge in [-0.15, -0.1) is 0 Å². The number of pyridine rings is 1. The van der Waals surface area contributed by atoms with Crippen LogP contribution in [0.2, 0.25) is 0 Å². The van der Waals surface area contributed by atoms with Crippen LogP contribution in [0.4, 0.5) is 16.4 Å². The Morgan fingerprint density at radius 3 is 2.96 bits per heavy atom. The molecule has 28 heavy (non-hydrogen) atoms. The van der Waals surface area contributed by atoms with E-state index in [4.69, 9.17) is 4.74 Å². The number of aromatic amines is 1. The number of hydrogen-bond acceptors (Lipinski definition) is 5. The van der Waals surface area contributed by atoms with E-state index >= 15 is 0 Å². The van der Waals surface area contributed by atoms with E-state index in [2.05, 4.69) is 31.1 Å². The first-order valence-electron chi connectivity index (χ1n) is 9.50. The van der Waals surface area contributed by atoms with Gasteiger partial charge in [0.15, 0.2) is 5.82 Å². The minimum atomic E-state index is -0.305. The number of H-pyrrole nitrogens is 1. The van der Waals surface area contributed by atoms with Gasteiger partial charge in [0, 0.05) is 18.9 Å². The molecule has 2 atom stereocenters. The van der Waals surface area contributed by atoms with Crippen LogP contribution in [0.25, 0.3) is 10.9 Å². The molecule has 1 saturated heterocycles. The minimum absolute atomic E-state index is 0.106. The predicted molar refractivity (Wildman–Crippen MR) is 108 cm³/mol. The first kappa shape index (κ1) is 18.2. The fourth-order valence-corrected chi connectivity index (χ4v) is 3.31. The second kappa shape index (κ2) is 8.26. The van der Waals surface area contributed by atoms with E-state index in [1.807, 2.05) is 37.3 Å². The third-order valence-electron chi connectivity index (χ3n) is 4.84. The van der Waals surface area contributed by atoms with Gasteiger partial charge in [-0.05, 0) is 25.3 Å². The van der Waals surface area contributed by atoms with Crippen LogP contribution >= 0.6 is 0 Å². The topological polar surface area (TPSA) is 104 Å². The largest absolute Gasteiger partial charge is 0.379 e. The summed E-state index contributed by atoms with van der Waals surface area (Å²) in [7, 11) is 0. The molecule has 1 aliphatic rings. The maximum atomic E-state index is 12.3. The van der Waals surface area contributed by atoms with E-state index in [9.17, 15) is 4.79 Å². The average Bonchev–Trinajstić information content (AvgIpc) is 3.11. The van der Waals surface area contributed by atoms with Gasteiger partial charge < -0.3 is 15.4 Å². The lowest BCUT2D eigenvalue weighted by molar-refractivity contribution is 0.0875. The van der Waals surface area contributed by atoms with E-state index in [1.165, 1.54) is 0 Å². The van der Waals surface area contributed by atoms with Crippen molar-refractivity contribution in [3.63, 3.8) is 0 Å². The van der Waals surface area contributed by atoms with Gasteiger partial charge >= 0.3 is 6.03 Å². The van der Waals surface area contributed by atoms with Gasteiger partial charge in [0.1, 0.15) is 5.82 Å². The van der Waals surface area contributed by atoms with Crippen molar-refractivity contribution in [1.82, 2.24) is 20.5 Å². The zero-order valence-electron chi connectivity index (χ0n) is 15.7. The van der Waals surface area contributed by atoms with Crippen molar-refractivity contribution in [1.29, 1.82) is 0 Å². The van der Waals surface area contributed by atoms with Gasteiger partial charge in [-0.3, -0.25) is 10.4 Å². The number of fused-ring (bicyclic) bond motifs is 1. The molecule has 1 unspecified atom stereocenters. The van der Waals surface area contributed by atoms with Gasteiger partial charge in [0.25, 0.3) is 0 Å². The van der Waals surface area contributed by atoms with E-state index in [-0.39, 0.29) is 18.1 Å². The van der Waals surface area contributed by atoms with Crippen LogP contribution in [-0.2, 0) is 4.74 Å². The van der Waals surface area contributed by atoms with Crippen LogP contribution in [0, 0.1) is 0 Å². The van der Waals surface area contributed by atoms with Crippen LogP contribution in [-0.4, -0.2) is 40.5 Å². The highest BCUT2D eigenvalue weighted by molar-refractivity contribution is 5.94. The van der Waals surface area contributed by atoms with Crippen molar-refractivity contribution in [2.45, 2.75) is 31.8 Å². The predicted octanol–water partition coefficient (Wildman–Crippen LogP) is 3.43. The van der Waals surface area contributed by atoms with Gasteiger partial charge in [-0.2, -0.15) is 5.10 Å². The summed E-state index contributed by atoms with van der Waals surface area (Å²) >= 11 is 0. The normalized spacial score (nSPS) is 17.8. The summed E-state index contributed by atoms with van der Waals surface area (Å²) in [5, 5.41) is 17.3. The Labute approximate surface area is 163 Å². The first-order valence-corrected chi connectivity index (χ1v) is 9.50. The number of amides is 2. The van der Waals surface area contributed by atoms with Crippen LogP contribution in [0.1, 0.15) is 31.4 Å². The van der Waals surface area contributed by atoms with E-state index in [1.54, 1.807) is 12.3 Å². The Morgan fingerprint density at radius 2 is 2.18 bits per heavy atom. The summed E-state index contributed by atoms with van der Waals surface area (Å²) in [6.45, 7) is 3.44. The highest BCUT2D eigenvalue weighted by atomic mass is 16.5. The lowest BCUT2D eigenvalue weighted by atomic mass is 10.1. The zero-order valence-corrected chi connectivity index (χ0v) is 15.7. The highest BCUT2D eigenvalue weighted by Gasteiger charge is 2.17. The van der Waals surface area contributed by atoms with E-state index < -0.39 is 0 Å². The molecule has 4 N–H and O–H groups in total. The molecule has 0 aliphatic carbocycles. The molecule has 0 spiro atoms. The number of nitrogens with zero attached hydrogens (tertiary/aromatic N) is 2. The Morgan fingerprint density at radius 1 is 1.32 bits per heavy atom. The van der Waals surface area contributed by atoms with E-state index in [0.29, 0.717) is 12.4 Å². The molecule has 8 nitrogen and oxygen atoms in total. The molecule has 0 bridgehead atoms. The number of carbonyl (C=O) groups is 1.